The number of benzene rings is 1. The Kier molecular flexibility index (Phi) is 4.93. The van der Waals surface area contributed by atoms with E-state index in [4.69, 9.17) is 17.3 Å². The molecule has 1 heterocycles. The molecular weight excluding hydrogens is 311 g/mol. The normalized spacial score (nSPS) is 10.6. The number of nitrogens with one attached hydrogen (secondary N) is 1. The fraction of sp³-hybridized carbons (Fsp3) is 0. The number of anilines is 2. The molecule has 0 aliphatic rings. The molecule has 0 unspecified atom stereocenters. The minimum atomic E-state index is -3.69. The van der Waals surface area contributed by atoms with Gasteiger partial charge in [-0.1, -0.05) is 11.6 Å². The van der Waals surface area contributed by atoms with E-state index < -0.39 is 10.0 Å². The third-order valence-electron chi connectivity index (χ3n) is 2.05. The van der Waals surface area contributed by atoms with Gasteiger partial charge < -0.3 is 5.73 Å². The summed E-state index contributed by atoms with van der Waals surface area (Å²) in [6.45, 7) is 0. The first-order chi connectivity index (χ1) is 8.47. The summed E-state index contributed by atoms with van der Waals surface area (Å²) in [5.41, 5.74) is 5.97. The van der Waals surface area contributed by atoms with Crippen LogP contribution in [0.3, 0.4) is 0 Å². The van der Waals surface area contributed by atoms with Gasteiger partial charge in [0.25, 0.3) is 10.0 Å². The molecule has 0 aliphatic carbocycles. The highest BCUT2D eigenvalue weighted by Gasteiger charge is 2.14. The minimum absolute atomic E-state index is 0. The Hall–Kier alpha value is -1.57. The largest absolute Gasteiger partial charge is 0.399 e. The van der Waals surface area contributed by atoms with E-state index in [1.165, 1.54) is 36.7 Å². The van der Waals surface area contributed by atoms with Crippen molar-refractivity contribution < 1.29 is 8.42 Å². The number of halogens is 2. The first-order valence-electron chi connectivity index (χ1n) is 4.83. The predicted octanol–water partition coefficient (Wildman–Crippen LogP) is 1.93. The quantitative estimate of drug-likeness (QED) is 0.842. The molecule has 0 radical (unpaired) electrons. The number of nitrogens with zero attached hydrogens (tertiary/aromatic N) is 2. The van der Waals surface area contributed by atoms with Crippen molar-refractivity contribution in [2.45, 2.75) is 4.90 Å². The fourth-order valence-electron chi connectivity index (χ4n) is 1.21. The molecule has 0 amide bonds. The van der Waals surface area contributed by atoms with Crippen LogP contribution in [0, 0.1) is 0 Å². The van der Waals surface area contributed by atoms with Crippen LogP contribution in [-0.4, -0.2) is 18.4 Å². The van der Waals surface area contributed by atoms with Crippen molar-refractivity contribution in [1.29, 1.82) is 0 Å². The molecule has 3 N–H and O–H groups in total. The van der Waals surface area contributed by atoms with Gasteiger partial charge in [-0.3, -0.25) is 4.72 Å². The predicted molar refractivity (Wildman–Crippen MR) is 76.0 cm³/mol. The molecule has 6 nitrogen and oxygen atoms in total. The monoisotopic (exact) mass is 320 g/mol. The zero-order valence-corrected chi connectivity index (χ0v) is 11.8. The second-order valence-corrected chi connectivity index (χ2v) is 5.47. The lowest BCUT2D eigenvalue weighted by Crippen LogP contribution is -2.14. The van der Waals surface area contributed by atoms with Gasteiger partial charge in [-0.05, 0) is 24.3 Å². The van der Waals surface area contributed by atoms with Crippen molar-refractivity contribution in [2.24, 2.45) is 0 Å². The number of nitrogens with two attached hydrogens (primary N) is 1. The molecule has 1 aromatic carbocycles. The van der Waals surface area contributed by atoms with E-state index in [0.717, 1.165) is 0 Å². The van der Waals surface area contributed by atoms with Crippen molar-refractivity contribution in [3.8, 4) is 0 Å². The van der Waals surface area contributed by atoms with Crippen LogP contribution in [0.15, 0.2) is 41.6 Å². The first kappa shape index (κ1) is 15.5. The topological polar surface area (TPSA) is 98.0 Å². The second-order valence-electron chi connectivity index (χ2n) is 3.40. The molecule has 19 heavy (non-hydrogen) atoms. The maximum atomic E-state index is 11.9. The number of sulfonamides is 1. The second kappa shape index (κ2) is 6.05. The lowest BCUT2D eigenvalue weighted by Gasteiger charge is -2.06. The zero-order valence-electron chi connectivity index (χ0n) is 9.45. The van der Waals surface area contributed by atoms with Crippen LogP contribution in [0.25, 0.3) is 0 Å². The van der Waals surface area contributed by atoms with Gasteiger partial charge in [0.1, 0.15) is 5.15 Å². The Morgan fingerprint density at radius 3 is 2.26 bits per heavy atom. The van der Waals surface area contributed by atoms with Gasteiger partial charge in [-0.25, -0.2) is 18.4 Å². The Morgan fingerprint density at radius 1 is 1.11 bits per heavy atom. The average Bonchev–Trinajstić information content (AvgIpc) is 2.32. The summed E-state index contributed by atoms with van der Waals surface area (Å²) in [6.07, 6.45) is 2.49. The van der Waals surface area contributed by atoms with Crippen molar-refractivity contribution >= 4 is 45.5 Å². The highest BCUT2D eigenvalue weighted by Crippen LogP contribution is 2.15. The van der Waals surface area contributed by atoms with Gasteiger partial charge in [0.2, 0.25) is 0 Å². The van der Waals surface area contributed by atoms with Crippen LogP contribution >= 0.6 is 24.0 Å². The SMILES string of the molecule is Cl.Nc1ccc(S(=O)(=O)Nc2cnc(Cl)cn2)cc1. The minimum Gasteiger partial charge on any atom is -0.399 e. The van der Waals surface area contributed by atoms with Crippen LogP contribution in [-0.2, 0) is 10.0 Å². The summed E-state index contributed by atoms with van der Waals surface area (Å²) >= 11 is 5.55. The van der Waals surface area contributed by atoms with Crippen molar-refractivity contribution in [3.05, 3.63) is 41.8 Å². The van der Waals surface area contributed by atoms with Crippen LogP contribution < -0.4 is 10.5 Å². The van der Waals surface area contributed by atoms with Crippen molar-refractivity contribution in [3.63, 3.8) is 0 Å². The van der Waals surface area contributed by atoms with Gasteiger partial charge in [-0.2, -0.15) is 0 Å². The summed E-state index contributed by atoms with van der Waals surface area (Å²) in [5, 5.41) is 0.186. The van der Waals surface area contributed by atoms with Gasteiger partial charge in [0, 0.05) is 5.69 Å². The van der Waals surface area contributed by atoms with Crippen LogP contribution in [0.4, 0.5) is 11.5 Å². The summed E-state index contributed by atoms with van der Waals surface area (Å²) < 4.78 is 26.2. The molecular formula is C10H10Cl2N4O2S. The summed E-state index contributed by atoms with van der Waals surface area (Å²) in [4.78, 5) is 7.62. The number of aromatic nitrogens is 2. The zero-order chi connectivity index (χ0) is 13.2. The van der Waals surface area contributed by atoms with Crippen LogP contribution in [0.2, 0.25) is 5.15 Å². The number of hydrogen-bond donors (Lipinski definition) is 2. The van der Waals surface area contributed by atoms with E-state index in [1.54, 1.807) is 0 Å². The molecule has 0 atom stereocenters. The van der Waals surface area contributed by atoms with Crippen molar-refractivity contribution in [1.82, 2.24) is 9.97 Å². The number of rotatable bonds is 3. The molecule has 102 valence electrons. The van der Waals surface area contributed by atoms with Crippen molar-refractivity contribution in [2.75, 3.05) is 10.5 Å². The highest BCUT2D eigenvalue weighted by molar-refractivity contribution is 7.92. The summed E-state index contributed by atoms with van der Waals surface area (Å²) in [7, 11) is -3.69. The Labute approximate surface area is 121 Å². The van der Waals surface area contributed by atoms with E-state index >= 15 is 0 Å². The number of nitrogen functional groups attached to an aromatic ring is 1. The van der Waals surface area contributed by atoms with E-state index in [2.05, 4.69) is 14.7 Å². The van der Waals surface area contributed by atoms with Gasteiger partial charge in [0.05, 0.1) is 17.3 Å². The molecule has 0 saturated heterocycles. The third-order valence-corrected chi connectivity index (χ3v) is 3.62. The number of hydrogen-bond acceptors (Lipinski definition) is 5. The molecule has 0 fully saturated rings. The van der Waals surface area contributed by atoms with E-state index in [-0.39, 0.29) is 28.3 Å². The fourth-order valence-corrected chi connectivity index (χ4v) is 2.30. The molecule has 1 aromatic heterocycles. The smallest absolute Gasteiger partial charge is 0.263 e. The van der Waals surface area contributed by atoms with E-state index in [0.29, 0.717) is 5.69 Å². The maximum absolute atomic E-state index is 11.9. The first-order valence-corrected chi connectivity index (χ1v) is 6.69. The lowest BCUT2D eigenvalue weighted by atomic mass is 10.3. The van der Waals surface area contributed by atoms with Crippen LogP contribution in [0.5, 0.6) is 0 Å². The van der Waals surface area contributed by atoms with Gasteiger partial charge in [-0.15, -0.1) is 12.4 Å². The molecule has 2 aromatic rings. The van der Waals surface area contributed by atoms with E-state index in [1.807, 2.05) is 0 Å². The third kappa shape index (κ3) is 3.95. The molecule has 9 heteroatoms. The van der Waals surface area contributed by atoms with Gasteiger partial charge in [0.15, 0.2) is 5.82 Å². The standard InChI is InChI=1S/C10H9ClN4O2S.ClH/c11-9-5-14-10(6-13-9)15-18(16,17)8-3-1-7(12)2-4-8;/h1-6H,12H2,(H,14,15);1H. The summed E-state index contributed by atoms with van der Waals surface area (Å²) in [5.74, 6) is 0.0937. The van der Waals surface area contributed by atoms with Crippen LogP contribution in [0.1, 0.15) is 0 Å². The summed E-state index contributed by atoms with van der Waals surface area (Å²) in [6, 6.07) is 5.81. The van der Waals surface area contributed by atoms with E-state index in [9.17, 15) is 8.42 Å². The highest BCUT2D eigenvalue weighted by atomic mass is 35.5. The molecule has 0 spiro atoms. The average molecular weight is 321 g/mol. The molecule has 0 aliphatic heterocycles. The molecule has 0 saturated carbocycles. The lowest BCUT2D eigenvalue weighted by molar-refractivity contribution is 0.601. The Balaban J connectivity index is 0.00000180. The maximum Gasteiger partial charge on any atom is 0.263 e. The molecule has 2 rings (SSSR count). The Morgan fingerprint density at radius 2 is 1.74 bits per heavy atom. The van der Waals surface area contributed by atoms with Gasteiger partial charge >= 0.3 is 0 Å². The Bertz CT molecular complexity index is 644. The molecule has 0 bridgehead atoms.